The SMILES string of the molecule is CCO[Si](CCCNC(=O)c1ccc(SC2=C(/C=C/C3=[N+](C)c4ccc5ccccc5c4C3(C)C)CCC/C2=C\C=C2/N(C)c3ccc4ccccc4c3C2(C)C)cc1)(OCC)OCC. The Morgan fingerprint density at radius 1 is 0.769 bits per heavy atom. The number of hydrogen-bond donors (Lipinski definition) is 1. The van der Waals surface area contributed by atoms with Crippen LogP contribution in [0.3, 0.4) is 0 Å². The van der Waals surface area contributed by atoms with Gasteiger partial charge in [-0.1, -0.05) is 92.4 Å². The number of nitrogens with zero attached hydrogens (tertiary/aromatic N) is 2. The van der Waals surface area contributed by atoms with Crippen LogP contribution in [-0.2, 0) is 24.1 Å². The smallest absolute Gasteiger partial charge is 0.374 e. The van der Waals surface area contributed by atoms with Crippen molar-refractivity contribution in [2.24, 2.45) is 0 Å². The van der Waals surface area contributed by atoms with Gasteiger partial charge in [-0.2, -0.15) is 4.58 Å². The summed E-state index contributed by atoms with van der Waals surface area (Å²) in [6, 6.07) is 35.3. The minimum Gasteiger partial charge on any atom is -0.374 e. The van der Waals surface area contributed by atoms with Gasteiger partial charge < -0.3 is 23.5 Å². The van der Waals surface area contributed by atoms with E-state index in [1.807, 2.05) is 44.7 Å². The highest BCUT2D eigenvalue weighted by molar-refractivity contribution is 8.03. The summed E-state index contributed by atoms with van der Waals surface area (Å²) < 4.78 is 20.4. The van der Waals surface area contributed by atoms with Crippen LogP contribution in [-0.4, -0.2) is 65.5 Å². The lowest BCUT2D eigenvalue weighted by atomic mass is 9.78. The molecule has 1 amide bonds. The predicted molar refractivity (Wildman–Crippen MR) is 274 cm³/mol. The second-order valence-corrected chi connectivity index (χ2v) is 22.2. The Hall–Kier alpha value is -5.03. The van der Waals surface area contributed by atoms with Crippen molar-refractivity contribution in [3.05, 3.63) is 160 Å². The van der Waals surface area contributed by atoms with Gasteiger partial charge in [0, 0.05) is 89.3 Å². The number of amides is 1. The van der Waals surface area contributed by atoms with E-state index in [4.69, 9.17) is 13.3 Å². The van der Waals surface area contributed by atoms with E-state index in [2.05, 4.69) is 166 Å². The van der Waals surface area contributed by atoms with E-state index in [-0.39, 0.29) is 16.7 Å². The number of fused-ring (bicyclic) bond motifs is 6. The minimum atomic E-state index is -2.76. The molecule has 0 radical (unpaired) electrons. The van der Waals surface area contributed by atoms with E-state index in [0.29, 0.717) is 44.4 Å². The molecule has 0 saturated heterocycles. The van der Waals surface area contributed by atoms with E-state index in [1.165, 1.54) is 71.5 Å². The van der Waals surface area contributed by atoms with Crippen molar-refractivity contribution in [2.45, 2.75) is 95.9 Å². The summed E-state index contributed by atoms with van der Waals surface area (Å²) in [7, 11) is 1.65. The molecular formula is C56H66N3O4SSi+. The van der Waals surface area contributed by atoms with Crippen LogP contribution in [0.5, 0.6) is 0 Å². The van der Waals surface area contributed by atoms with E-state index in [0.717, 1.165) is 24.2 Å². The zero-order valence-electron chi connectivity index (χ0n) is 39.8. The standard InChI is InChI=1S/C56H65N3O4SSi/c1-10-61-65(62-11-2,63-12-3)38-18-37-57-54(60)43-25-31-44(32-26-43)64-53-41(29-35-49-55(4,5)51-45-23-15-13-19-39(45)27-33-47(51)58(49)8)21-17-22-42(53)30-36-50-56(6,7)52-46-24-16-14-20-40(46)28-34-48(52)59(50)9/h13-16,19-20,23-36H,10-12,17-18,21-22,37-38H2,1-9H3/p+1. The molecule has 2 heterocycles. The summed E-state index contributed by atoms with van der Waals surface area (Å²) in [4.78, 5) is 18.2. The number of hydrogen-bond acceptors (Lipinski definition) is 6. The third-order valence-electron chi connectivity index (χ3n) is 13.5. The fourth-order valence-electron chi connectivity index (χ4n) is 10.5. The van der Waals surface area contributed by atoms with Crippen molar-refractivity contribution in [1.82, 2.24) is 5.32 Å². The molecule has 5 aromatic carbocycles. The number of allylic oxidation sites excluding steroid dienone is 7. The number of anilines is 1. The fourth-order valence-corrected chi connectivity index (χ4v) is 14.2. The van der Waals surface area contributed by atoms with Gasteiger partial charge in [0.1, 0.15) is 7.05 Å². The average Bonchev–Trinajstić information content (AvgIpc) is 3.63. The van der Waals surface area contributed by atoms with Gasteiger partial charge in [-0.3, -0.25) is 4.79 Å². The van der Waals surface area contributed by atoms with Gasteiger partial charge >= 0.3 is 8.80 Å². The van der Waals surface area contributed by atoms with Crippen molar-refractivity contribution in [3.8, 4) is 0 Å². The number of nitrogens with one attached hydrogen (secondary N) is 1. The maximum absolute atomic E-state index is 13.4. The van der Waals surface area contributed by atoms with Crippen LogP contribution in [0.1, 0.15) is 95.6 Å². The Morgan fingerprint density at radius 2 is 1.40 bits per heavy atom. The van der Waals surface area contributed by atoms with Gasteiger partial charge in [-0.25, -0.2) is 0 Å². The van der Waals surface area contributed by atoms with Crippen molar-refractivity contribution in [1.29, 1.82) is 0 Å². The highest BCUT2D eigenvalue weighted by atomic mass is 32.2. The molecule has 338 valence electrons. The molecule has 2 aliphatic heterocycles. The van der Waals surface area contributed by atoms with E-state index in [9.17, 15) is 4.79 Å². The van der Waals surface area contributed by atoms with Crippen LogP contribution < -0.4 is 10.2 Å². The lowest BCUT2D eigenvalue weighted by Crippen LogP contribution is -2.46. The van der Waals surface area contributed by atoms with Crippen LogP contribution in [0.4, 0.5) is 11.4 Å². The van der Waals surface area contributed by atoms with Crippen molar-refractivity contribution in [2.75, 3.05) is 45.4 Å². The van der Waals surface area contributed by atoms with Crippen LogP contribution in [0.25, 0.3) is 21.5 Å². The highest BCUT2D eigenvalue weighted by Crippen LogP contribution is 2.51. The highest BCUT2D eigenvalue weighted by Gasteiger charge is 2.45. The molecule has 5 aromatic rings. The summed E-state index contributed by atoms with van der Waals surface area (Å²) in [5.41, 5.74) is 10.8. The average molecular weight is 905 g/mol. The molecule has 9 heteroatoms. The largest absolute Gasteiger partial charge is 0.500 e. The molecule has 8 rings (SSSR count). The molecule has 0 fully saturated rings. The number of benzene rings is 5. The molecule has 0 bridgehead atoms. The van der Waals surface area contributed by atoms with Gasteiger partial charge in [-0.15, -0.1) is 0 Å². The fraction of sp³-hybridized carbons (Fsp3) is 0.357. The Labute approximate surface area is 392 Å². The monoisotopic (exact) mass is 904 g/mol. The topological polar surface area (TPSA) is 63.0 Å². The molecule has 65 heavy (non-hydrogen) atoms. The molecule has 0 aromatic heterocycles. The maximum atomic E-state index is 13.4. The first-order valence-electron chi connectivity index (χ1n) is 23.5. The zero-order chi connectivity index (χ0) is 45.9. The summed E-state index contributed by atoms with van der Waals surface area (Å²) in [5, 5.41) is 8.30. The summed E-state index contributed by atoms with van der Waals surface area (Å²) in [5.74, 6) is -0.0862. The molecule has 1 aliphatic carbocycles. The Kier molecular flexibility index (Phi) is 13.9. The molecule has 0 saturated carbocycles. The summed E-state index contributed by atoms with van der Waals surface area (Å²) >= 11 is 1.81. The normalized spacial score (nSPS) is 18.2. The second kappa shape index (κ2) is 19.4. The Balaban J connectivity index is 1.09. The lowest BCUT2D eigenvalue weighted by Gasteiger charge is -2.28. The Bertz CT molecular complexity index is 2750. The number of likely N-dealkylation sites (N-methyl/N-ethyl adjacent to an activating group) is 1. The molecule has 3 aliphatic rings. The number of carbonyl (C=O) groups is 1. The van der Waals surface area contributed by atoms with Crippen molar-refractivity contribution >= 4 is 65.1 Å². The van der Waals surface area contributed by atoms with Gasteiger partial charge in [0.2, 0.25) is 5.69 Å². The van der Waals surface area contributed by atoms with Gasteiger partial charge in [0.05, 0.1) is 5.41 Å². The third-order valence-corrected chi connectivity index (χ3v) is 17.9. The molecule has 0 spiro atoms. The third kappa shape index (κ3) is 9.11. The van der Waals surface area contributed by atoms with Crippen LogP contribution in [0, 0.1) is 0 Å². The molecule has 0 atom stereocenters. The van der Waals surface area contributed by atoms with Gasteiger partial charge in [0.25, 0.3) is 5.91 Å². The maximum Gasteiger partial charge on any atom is 0.500 e. The van der Waals surface area contributed by atoms with Crippen LogP contribution in [0.15, 0.2) is 148 Å². The second-order valence-electron chi connectivity index (χ2n) is 18.4. The van der Waals surface area contributed by atoms with E-state index < -0.39 is 8.80 Å². The number of carbonyl (C=O) groups excluding carboxylic acids is 1. The van der Waals surface area contributed by atoms with E-state index >= 15 is 0 Å². The van der Waals surface area contributed by atoms with Crippen LogP contribution >= 0.6 is 11.8 Å². The van der Waals surface area contributed by atoms with Crippen molar-refractivity contribution in [3.63, 3.8) is 0 Å². The zero-order valence-corrected chi connectivity index (χ0v) is 41.7. The van der Waals surface area contributed by atoms with Gasteiger partial charge in [0.15, 0.2) is 5.71 Å². The quantitative estimate of drug-likeness (QED) is 0.0605. The van der Waals surface area contributed by atoms with Crippen LogP contribution in [0.2, 0.25) is 6.04 Å². The molecule has 0 unspecified atom stereocenters. The van der Waals surface area contributed by atoms with Crippen molar-refractivity contribution < 1.29 is 22.6 Å². The number of thioether (sulfide) groups is 1. The predicted octanol–water partition coefficient (Wildman–Crippen LogP) is 13.2. The number of rotatable bonds is 16. The summed E-state index contributed by atoms with van der Waals surface area (Å²) in [6.45, 7) is 17.5. The first-order valence-corrected chi connectivity index (χ1v) is 26.3. The summed E-state index contributed by atoms with van der Waals surface area (Å²) in [6.07, 6.45) is 13.3. The first-order chi connectivity index (χ1) is 31.3. The molecule has 1 N–H and O–H groups in total. The van der Waals surface area contributed by atoms with E-state index in [1.54, 1.807) is 0 Å². The molecule has 7 nitrogen and oxygen atoms in total. The minimum absolute atomic E-state index is 0.0862. The Morgan fingerprint density at radius 3 is 2.06 bits per heavy atom. The molecular weight excluding hydrogens is 839 g/mol. The first kappa shape index (κ1) is 46.5. The van der Waals surface area contributed by atoms with Gasteiger partial charge in [-0.05, 0) is 141 Å². The lowest BCUT2D eigenvalue weighted by molar-refractivity contribution is -0.401.